The molecule has 3 heterocycles. The number of anilines is 2. The normalized spacial score (nSPS) is 14.4. The number of nitrogens with one attached hydrogen (secondary N) is 1. The van der Waals surface area contributed by atoms with Crippen molar-refractivity contribution in [2.75, 3.05) is 36.4 Å². The topological polar surface area (TPSA) is 87.1 Å². The second-order valence-electron chi connectivity index (χ2n) is 7.08. The first-order chi connectivity index (χ1) is 13.5. The smallest absolute Gasteiger partial charge is 0.321 e. The van der Waals surface area contributed by atoms with E-state index in [4.69, 9.17) is 0 Å². The fraction of sp³-hybridized carbons (Fsp3) is 0.350. The van der Waals surface area contributed by atoms with E-state index in [1.54, 1.807) is 0 Å². The van der Waals surface area contributed by atoms with Crippen molar-refractivity contribution in [1.82, 2.24) is 25.1 Å². The van der Waals surface area contributed by atoms with Crippen LogP contribution in [-0.4, -0.2) is 57.3 Å². The van der Waals surface area contributed by atoms with E-state index in [0.717, 1.165) is 39.6 Å². The van der Waals surface area contributed by atoms with Crippen LogP contribution in [0.4, 0.5) is 16.4 Å². The minimum absolute atomic E-state index is 0.108. The number of hydrogen-bond donors (Lipinski definition) is 1. The third-order valence-corrected chi connectivity index (χ3v) is 4.81. The maximum Gasteiger partial charge on any atom is 0.321 e. The number of nitrogens with zero attached hydrogens (tertiary/aromatic N) is 6. The summed E-state index contributed by atoms with van der Waals surface area (Å²) >= 11 is 0. The van der Waals surface area contributed by atoms with Gasteiger partial charge in [-0.25, -0.2) is 14.8 Å². The fourth-order valence-corrected chi connectivity index (χ4v) is 3.42. The van der Waals surface area contributed by atoms with Crippen molar-refractivity contribution in [2.45, 2.75) is 20.8 Å². The van der Waals surface area contributed by atoms with E-state index in [-0.39, 0.29) is 6.03 Å². The van der Waals surface area contributed by atoms with Gasteiger partial charge in [-0.15, -0.1) is 0 Å². The Bertz CT molecular complexity index is 1010. The maximum atomic E-state index is 12.8. The molecular formula is C20H23N7O. The van der Waals surface area contributed by atoms with Crippen LogP contribution in [0.5, 0.6) is 0 Å². The average Bonchev–Trinajstić information content (AvgIpc) is 2.68. The molecular weight excluding hydrogens is 354 g/mol. The second-order valence-corrected chi connectivity index (χ2v) is 7.08. The number of amides is 2. The van der Waals surface area contributed by atoms with Gasteiger partial charge in [-0.1, -0.05) is 6.07 Å². The second kappa shape index (κ2) is 7.38. The van der Waals surface area contributed by atoms with Gasteiger partial charge in [0.05, 0.1) is 16.9 Å². The fourth-order valence-electron chi connectivity index (χ4n) is 3.42. The highest BCUT2D eigenvalue weighted by molar-refractivity contribution is 6.00. The van der Waals surface area contributed by atoms with E-state index in [0.29, 0.717) is 26.2 Å². The zero-order chi connectivity index (χ0) is 19.7. The molecule has 0 unspecified atom stereocenters. The van der Waals surface area contributed by atoms with Crippen LogP contribution in [0.1, 0.15) is 17.1 Å². The molecule has 1 fully saturated rings. The highest BCUT2D eigenvalue weighted by Crippen LogP contribution is 2.22. The molecule has 4 rings (SSSR count). The lowest BCUT2D eigenvalue weighted by Gasteiger charge is -2.34. The van der Waals surface area contributed by atoms with Crippen molar-refractivity contribution < 1.29 is 4.79 Å². The molecule has 0 atom stereocenters. The molecule has 8 nitrogen and oxygen atoms in total. The van der Waals surface area contributed by atoms with Gasteiger partial charge < -0.3 is 15.1 Å². The monoisotopic (exact) mass is 377 g/mol. The summed E-state index contributed by atoms with van der Waals surface area (Å²) < 4.78 is 0. The lowest BCUT2D eigenvalue weighted by Crippen LogP contribution is -2.50. The van der Waals surface area contributed by atoms with Crippen LogP contribution in [-0.2, 0) is 0 Å². The number of aryl methyl sites for hydroxylation is 3. The largest absolute Gasteiger partial charge is 0.337 e. The predicted molar refractivity (Wildman–Crippen MR) is 109 cm³/mol. The van der Waals surface area contributed by atoms with Crippen LogP contribution >= 0.6 is 0 Å². The standard InChI is InChI=1S/C20H23N7O/c1-13-11-14(2)22-19(21-13)26-7-9-27(10-8-26)20(28)23-17-5-4-6-18-16(17)12-15(3)24-25-18/h4-6,11-12H,7-10H2,1-3H3,(H,23,28). The first-order valence-corrected chi connectivity index (χ1v) is 9.36. The Balaban J connectivity index is 1.44. The Morgan fingerprint density at radius 3 is 2.36 bits per heavy atom. The molecule has 2 aromatic heterocycles. The minimum Gasteiger partial charge on any atom is -0.337 e. The van der Waals surface area contributed by atoms with Gasteiger partial charge in [-0.3, -0.25) is 0 Å². The summed E-state index contributed by atoms with van der Waals surface area (Å²) in [4.78, 5) is 25.8. The van der Waals surface area contributed by atoms with Crippen LogP contribution in [0.15, 0.2) is 30.3 Å². The highest BCUT2D eigenvalue weighted by atomic mass is 16.2. The number of fused-ring (bicyclic) bond motifs is 1. The van der Waals surface area contributed by atoms with Gasteiger partial charge in [-0.05, 0) is 45.0 Å². The molecule has 1 N–H and O–H groups in total. The number of urea groups is 1. The van der Waals surface area contributed by atoms with Crippen molar-refractivity contribution in [3.63, 3.8) is 0 Å². The van der Waals surface area contributed by atoms with Crippen LogP contribution < -0.4 is 10.2 Å². The van der Waals surface area contributed by atoms with Crippen LogP contribution in [0, 0.1) is 20.8 Å². The predicted octanol–water partition coefficient (Wildman–Crippen LogP) is 2.70. The molecule has 2 amide bonds. The van der Waals surface area contributed by atoms with E-state index in [2.05, 4.69) is 30.4 Å². The van der Waals surface area contributed by atoms with Gasteiger partial charge in [-0.2, -0.15) is 10.2 Å². The van der Waals surface area contributed by atoms with Crippen molar-refractivity contribution in [3.05, 3.63) is 47.4 Å². The van der Waals surface area contributed by atoms with Crippen LogP contribution in [0.3, 0.4) is 0 Å². The Labute approximate surface area is 163 Å². The molecule has 144 valence electrons. The summed E-state index contributed by atoms with van der Waals surface area (Å²) in [5.74, 6) is 0.737. The lowest BCUT2D eigenvalue weighted by molar-refractivity contribution is 0.208. The Kier molecular flexibility index (Phi) is 4.77. The Hall–Kier alpha value is -3.29. The third kappa shape index (κ3) is 3.71. The molecule has 0 spiro atoms. The number of aromatic nitrogens is 4. The van der Waals surface area contributed by atoms with Crippen LogP contribution in [0.25, 0.3) is 10.9 Å². The van der Waals surface area contributed by atoms with Gasteiger partial charge in [0.25, 0.3) is 0 Å². The minimum atomic E-state index is -0.108. The van der Waals surface area contributed by atoms with Crippen molar-refractivity contribution in [3.8, 4) is 0 Å². The molecule has 0 saturated carbocycles. The van der Waals surface area contributed by atoms with Crippen molar-refractivity contribution in [2.24, 2.45) is 0 Å². The number of piperazine rings is 1. The number of hydrogen-bond acceptors (Lipinski definition) is 6. The summed E-state index contributed by atoms with van der Waals surface area (Å²) in [7, 11) is 0. The van der Waals surface area contributed by atoms with Gasteiger partial charge in [0.15, 0.2) is 0 Å². The number of benzene rings is 1. The number of rotatable bonds is 2. The van der Waals surface area contributed by atoms with Gasteiger partial charge >= 0.3 is 6.03 Å². The van der Waals surface area contributed by atoms with E-state index in [1.165, 1.54) is 0 Å². The van der Waals surface area contributed by atoms with E-state index < -0.39 is 0 Å². The van der Waals surface area contributed by atoms with Crippen molar-refractivity contribution >= 4 is 28.6 Å². The molecule has 1 saturated heterocycles. The van der Waals surface area contributed by atoms with E-state index in [1.807, 2.05) is 56.0 Å². The molecule has 0 bridgehead atoms. The molecule has 0 radical (unpaired) electrons. The molecule has 1 aromatic carbocycles. The van der Waals surface area contributed by atoms with Crippen molar-refractivity contribution in [1.29, 1.82) is 0 Å². The summed E-state index contributed by atoms with van der Waals surface area (Å²) in [6.45, 7) is 8.47. The zero-order valence-electron chi connectivity index (χ0n) is 16.3. The van der Waals surface area contributed by atoms with Crippen LogP contribution in [0.2, 0.25) is 0 Å². The summed E-state index contributed by atoms with van der Waals surface area (Å²) in [5, 5.41) is 12.2. The highest BCUT2D eigenvalue weighted by Gasteiger charge is 2.23. The summed E-state index contributed by atoms with van der Waals surface area (Å²) in [6.07, 6.45) is 0. The third-order valence-electron chi connectivity index (χ3n) is 4.81. The molecule has 8 heteroatoms. The Morgan fingerprint density at radius 2 is 1.64 bits per heavy atom. The molecule has 3 aromatic rings. The first kappa shape index (κ1) is 18.1. The number of carbonyl (C=O) groups excluding carboxylic acids is 1. The number of carbonyl (C=O) groups is 1. The van der Waals surface area contributed by atoms with Gasteiger partial charge in [0.1, 0.15) is 0 Å². The molecule has 1 aliphatic heterocycles. The zero-order valence-corrected chi connectivity index (χ0v) is 16.3. The van der Waals surface area contributed by atoms with Gasteiger partial charge in [0, 0.05) is 43.0 Å². The van der Waals surface area contributed by atoms with E-state index in [9.17, 15) is 4.79 Å². The SMILES string of the molecule is Cc1cc2c(NC(=O)N3CCN(c4nc(C)cc(C)n4)CC3)cccc2nn1. The first-order valence-electron chi connectivity index (χ1n) is 9.36. The average molecular weight is 377 g/mol. The summed E-state index contributed by atoms with van der Waals surface area (Å²) in [5.41, 5.74) is 4.24. The quantitative estimate of drug-likeness (QED) is 0.739. The Morgan fingerprint density at radius 1 is 0.929 bits per heavy atom. The summed E-state index contributed by atoms with van der Waals surface area (Å²) in [6, 6.07) is 9.44. The molecule has 28 heavy (non-hydrogen) atoms. The van der Waals surface area contributed by atoms with E-state index >= 15 is 0 Å². The lowest BCUT2D eigenvalue weighted by atomic mass is 10.2. The maximum absolute atomic E-state index is 12.8. The molecule has 0 aliphatic carbocycles. The molecule has 1 aliphatic rings. The van der Waals surface area contributed by atoms with Gasteiger partial charge in [0.2, 0.25) is 5.95 Å².